The summed E-state index contributed by atoms with van der Waals surface area (Å²) in [6, 6.07) is 7.89. The van der Waals surface area contributed by atoms with E-state index in [1.165, 1.54) is 0 Å². The lowest BCUT2D eigenvalue weighted by molar-refractivity contribution is -0.125. The number of piperidine rings is 1. The van der Waals surface area contributed by atoms with E-state index in [0.717, 1.165) is 61.1 Å². The molecular formula is C20H24N4O2. The zero-order chi connectivity index (χ0) is 17.9. The van der Waals surface area contributed by atoms with Gasteiger partial charge in [0.2, 0.25) is 5.91 Å². The minimum atomic E-state index is -0.00463. The van der Waals surface area contributed by atoms with Crippen molar-refractivity contribution in [2.24, 2.45) is 5.92 Å². The van der Waals surface area contributed by atoms with Crippen LogP contribution in [0.2, 0.25) is 0 Å². The van der Waals surface area contributed by atoms with Gasteiger partial charge >= 0.3 is 0 Å². The van der Waals surface area contributed by atoms with E-state index in [2.05, 4.69) is 27.1 Å². The van der Waals surface area contributed by atoms with E-state index in [9.17, 15) is 4.79 Å². The first-order chi connectivity index (χ1) is 12.8. The SMILES string of the molecule is CCCCNC(=O)C1CCCN(c2ncnc3c2oc2ccccc23)C1. The van der Waals surface area contributed by atoms with Crippen molar-refractivity contribution in [3.63, 3.8) is 0 Å². The van der Waals surface area contributed by atoms with E-state index < -0.39 is 0 Å². The average Bonchev–Trinajstić information content (AvgIpc) is 3.07. The highest BCUT2D eigenvalue weighted by atomic mass is 16.3. The van der Waals surface area contributed by atoms with Crippen molar-refractivity contribution in [1.82, 2.24) is 15.3 Å². The van der Waals surface area contributed by atoms with Crippen LogP contribution in [0.4, 0.5) is 5.82 Å². The number of benzene rings is 1. The maximum atomic E-state index is 12.5. The molecule has 1 fully saturated rings. The topological polar surface area (TPSA) is 71.3 Å². The molecule has 0 bridgehead atoms. The van der Waals surface area contributed by atoms with Crippen molar-refractivity contribution < 1.29 is 9.21 Å². The maximum Gasteiger partial charge on any atom is 0.224 e. The molecule has 26 heavy (non-hydrogen) atoms. The molecule has 1 aliphatic rings. The fourth-order valence-corrected chi connectivity index (χ4v) is 3.65. The van der Waals surface area contributed by atoms with Gasteiger partial charge in [-0.2, -0.15) is 0 Å². The van der Waals surface area contributed by atoms with Gasteiger partial charge in [-0.05, 0) is 31.4 Å². The van der Waals surface area contributed by atoms with Crippen LogP contribution in [-0.4, -0.2) is 35.5 Å². The van der Waals surface area contributed by atoms with Crippen LogP contribution in [0.3, 0.4) is 0 Å². The summed E-state index contributed by atoms with van der Waals surface area (Å²) < 4.78 is 6.04. The Labute approximate surface area is 152 Å². The first-order valence-corrected chi connectivity index (χ1v) is 9.43. The quantitative estimate of drug-likeness (QED) is 0.712. The molecule has 1 unspecified atom stereocenters. The highest BCUT2D eigenvalue weighted by Gasteiger charge is 2.28. The van der Waals surface area contributed by atoms with E-state index in [0.29, 0.717) is 12.1 Å². The van der Waals surface area contributed by atoms with Crippen molar-refractivity contribution in [3.8, 4) is 0 Å². The number of hydrogen-bond acceptors (Lipinski definition) is 5. The highest BCUT2D eigenvalue weighted by molar-refractivity contribution is 6.05. The molecule has 3 heterocycles. The van der Waals surface area contributed by atoms with Crippen molar-refractivity contribution >= 4 is 33.8 Å². The smallest absolute Gasteiger partial charge is 0.224 e. The van der Waals surface area contributed by atoms with Crippen LogP contribution in [0.1, 0.15) is 32.6 Å². The summed E-state index contributed by atoms with van der Waals surface area (Å²) >= 11 is 0. The van der Waals surface area contributed by atoms with Gasteiger partial charge in [-0.3, -0.25) is 4.79 Å². The molecule has 2 aromatic heterocycles. The monoisotopic (exact) mass is 352 g/mol. The van der Waals surface area contributed by atoms with Crippen molar-refractivity contribution in [1.29, 1.82) is 0 Å². The third-order valence-electron chi connectivity index (χ3n) is 5.06. The fraction of sp³-hybridized carbons (Fsp3) is 0.450. The van der Waals surface area contributed by atoms with Crippen LogP contribution in [0.25, 0.3) is 22.1 Å². The highest BCUT2D eigenvalue weighted by Crippen LogP contribution is 2.33. The van der Waals surface area contributed by atoms with Gasteiger partial charge in [-0.25, -0.2) is 9.97 Å². The molecule has 1 aliphatic heterocycles. The molecule has 3 aromatic rings. The number of nitrogens with zero attached hydrogens (tertiary/aromatic N) is 3. The summed E-state index contributed by atoms with van der Waals surface area (Å²) in [5, 5.41) is 4.06. The summed E-state index contributed by atoms with van der Waals surface area (Å²) in [7, 11) is 0. The molecule has 0 spiro atoms. The van der Waals surface area contributed by atoms with E-state index in [-0.39, 0.29) is 11.8 Å². The summed E-state index contributed by atoms with van der Waals surface area (Å²) in [4.78, 5) is 23.5. The van der Waals surface area contributed by atoms with E-state index in [1.54, 1.807) is 6.33 Å². The first-order valence-electron chi connectivity index (χ1n) is 9.43. The van der Waals surface area contributed by atoms with E-state index >= 15 is 0 Å². The molecule has 1 saturated heterocycles. The normalized spacial score (nSPS) is 17.7. The lowest BCUT2D eigenvalue weighted by atomic mass is 9.97. The Morgan fingerprint density at radius 2 is 2.23 bits per heavy atom. The molecule has 1 atom stereocenters. The average molecular weight is 352 g/mol. The first kappa shape index (κ1) is 16.8. The largest absolute Gasteiger partial charge is 0.450 e. The van der Waals surface area contributed by atoms with Gasteiger partial charge in [0, 0.05) is 25.0 Å². The van der Waals surface area contributed by atoms with Crippen molar-refractivity contribution in [2.75, 3.05) is 24.5 Å². The van der Waals surface area contributed by atoms with Gasteiger partial charge in [-0.1, -0.05) is 25.5 Å². The molecule has 4 rings (SSSR count). The number of para-hydroxylation sites is 1. The third kappa shape index (κ3) is 3.11. The number of carbonyl (C=O) groups excluding carboxylic acids is 1. The second-order valence-corrected chi connectivity index (χ2v) is 6.90. The Balaban J connectivity index is 1.60. The van der Waals surface area contributed by atoms with Crippen LogP contribution >= 0.6 is 0 Å². The number of unbranched alkanes of at least 4 members (excludes halogenated alkanes) is 1. The Kier molecular flexibility index (Phi) is 4.73. The number of aromatic nitrogens is 2. The second-order valence-electron chi connectivity index (χ2n) is 6.90. The number of furan rings is 1. The van der Waals surface area contributed by atoms with Crippen LogP contribution < -0.4 is 10.2 Å². The number of carbonyl (C=O) groups is 1. The van der Waals surface area contributed by atoms with Gasteiger partial charge in [0.05, 0.1) is 5.92 Å². The zero-order valence-corrected chi connectivity index (χ0v) is 15.1. The Morgan fingerprint density at radius 3 is 3.12 bits per heavy atom. The Morgan fingerprint density at radius 1 is 1.35 bits per heavy atom. The van der Waals surface area contributed by atoms with Crippen molar-refractivity contribution in [3.05, 3.63) is 30.6 Å². The predicted octanol–water partition coefficient (Wildman–Crippen LogP) is 3.51. The number of anilines is 1. The van der Waals surface area contributed by atoms with E-state index in [4.69, 9.17) is 4.42 Å². The number of hydrogen-bond donors (Lipinski definition) is 1. The second kappa shape index (κ2) is 7.32. The number of nitrogens with one attached hydrogen (secondary N) is 1. The third-order valence-corrected chi connectivity index (χ3v) is 5.06. The maximum absolute atomic E-state index is 12.5. The Bertz CT molecular complexity index is 920. The molecule has 136 valence electrons. The van der Waals surface area contributed by atoms with Gasteiger partial charge in [0.15, 0.2) is 11.4 Å². The molecule has 0 aliphatic carbocycles. The van der Waals surface area contributed by atoms with Gasteiger partial charge in [0.25, 0.3) is 0 Å². The number of fused-ring (bicyclic) bond motifs is 3. The standard InChI is InChI=1S/C20H24N4O2/c1-2-3-10-21-20(25)14-7-6-11-24(12-14)19-18-17(22-13-23-19)15-8-4-5-9-16(15)26-18/h4-5,8-9,13-14H,2-3,6-7,10-12H2,1H3,(H,21,25). The summed E-state index contributed by atoms with van der Waals surface area (Å²) in [5.41, 5.74) is 2.36. The molecule has 0 saturated carbocycles. The van der Waals surface area contributed by atoms with E-state index in [1.807, 2.05) is 24.3 Å². The molecular weight excluding hydrogens is 328 g/mol. The Hall–Kier alpha value is -2.63. The predicted molar refractivity (Wildman–Crippen MR) is 102 cm³/mol. The van der Waals surface area contributed by atoms with Crippen LogP contribution in [0.15, 0.2) is 35.0 Å². The summed E-state index contributed by atoms with van der Waals surface area (Å²) in [6.45, 7) is 4.43. The molecule has 0 radical (unpaired) electrons. The number of rotatable bonds is 5. The molecule has 6 nitrogen and oxygen atoms in total. The minimum absolute atomic E-state index is 0.00463. The summed E-state index contributed by atoms with van der Waals surface area (Å²) in [6.07, 6.45) is 5.58. The number of amides is 1. The van der Waals surface area contributed by atoms with Crippen molar-refractivity contribution in [2.45, 2.75) is 32.6 Å². The lowest BCUT2D eigenvalue weighted by Crippen LogP contribution is -2.43. The van der Waals surface area contributed by atoms with Gasteiger partial charge in [0.1, 0.15) is 17.4 Å². The molecule has 1 N–H and O–H groups in total. The van der Waals surface area contributed by atoms with Gasteiger partial charge in [-0.15, -0.1) is 0 Å². The molecule has 6 heteroatoms. The summed E-state index contributed by atoms with van der Waals surface area (Å²) in [5.74, 6) is 0.935. The molecule has 1 aromatic carbocycles. The fourth-order valence-electron chi connectivity index (χ4n) is 3.65. The van der Waals surface area contributed by atoms with Crippen LogP contribution in [-0.2, 0) is 4.79 Å². The van der Waals surface area contributed by atoms with Crippen LogP contribution in [0, 0.1) is 5.92 Å². The molecule has 1 amide bonds. The van der Waals surface area contributed by atoms with Crippen LogP contribution in [0.5, 0.6) is 0 Å². The minimum Gasteiger partial charge on any atom is -0.450 e. The zero-order valence-electron chi connectivity index (χ0n) is 15.1. The lowest BCUT2D eigenvalue weighted by Gasteiger charge is -2.32. The van der Waals surface area contributed by atoms with Gasteiger partial charge < -0.3 is 14.6 Å².